The van der Waals surface area contributed by atoms with Crippen LogP contribution >= 0.6 is 21.7 Å². The van der Waals surface area contributed by atoms with Gasteiger partial charge in [0.15, 0.2) is 0 Å². The smallest absolute Gasteiger partial charge is 0.138 e. The number of anilines is 1. The molecule has 0 aliphatic carbocycles. The van der Waals surface area contributed by atoms with Gasteiger partial charge in [-0.3, -0.25) is 0 Å². The summed E-state index contributed by atoms with van der Waals surface area (Å²) >= 11 is 0. The van der Waals surface area contributed by atoms with Gasteiger partial charge in [-0.1, -0.05) is 0 Å². The number of piperidine rings is 1. The minimum Gasteiger partial charge on any atom is -0.489 e. The van der Waals surface area contributed by atoms with Gasteiger partial charge in [0.1, 0.15) is 24.2 Å². The second-order valence-corrected chi connectivity index (χ2v) is 9.20. The molecule has 0 spiro atoms. The molecule has 0 radical (unpaired) electrons. The lowest BCUT2D eigenvalue weighted by Gasteiger charge is -2.37. The predicted molar refractivity (Wildman–Crippen MR) is 131 cm³/mol. The number of fused-ring (bicyclic) bond motifs is 1. The number of nitrogens with two attached hydrogens (primary N) is 1. The van der Waals surface area contributed by atoms with E-state index in [1.165, 1.54) is 6.20 Å². The molecule has 0 amide bonds. The molecule has 0 bridgehead atoms. The van der Waals surface area contributed by atoms with Crippen molar-refractivity contribution in [3.63, 3.8) is 0 Å². The third-order valence-electron chi connectivity index (χ3n) is 5.59. The van der Waals surface area contributed by atoms with Gasteiger partial charge in [0.25, 0.3) is 0 Å². The first-order valence-corrected chi connectivity index (χ1v) is 11.7. The lowest BCUT2D eigenvalue weighted by Crippen LogP contribution is -2.48. The molecule has 4 heterocycles. The average molecular weight is 491 g/mol. The first-order chi connectivity index (χ1) is 15.6. The molecule has 33 heavy (non-hydrogen) atoms. The summed E-state index contributed by atoms with van der Waals surface area (Å²) in [5.41, 5.74) is 8.01. The van der Waals surface area contributed by atoms with Gasteiger partial charge in [0, 0.05) is 57.7 Å². The Labute approximate surface area is 203 Å². The number of nitrogens with zero attached hydrogens (tertiary/aromatic N) is 5. The normalized spacial score (nSPS) is 15.5. The number of pyridine rings is 2. The Morgan fingerprint density at radius 1 is 1.27 bits per heavy atom. The molecule has 0 atom stereocenters. The molecule has 10 heteroatoms. The number of rotatable bonds is 5. The van der Waals surface area contributed by atoms with Crippen molar-refractivity contribution in [2.24, 2.45) is 5.73 Å². The number of aliphatic hydroxyl groups is 1. The highest BCUT2D eigenvalue weighted by molar-refractivity contribution is 6.85. The molecular weight excluding hydrogens is 463 g/mol. The SMILES string of the molecule is CC(C)(O)COc1cc(-c2ccc(N3CCC(C)(N)CC3)nc2)c2c(C#N)cnn2c1.ClCl. The van der Waals surface area contributed by atoms with Crippen LogP contribution in [0.2, 0.25) is 0 Å². The van der Waals surface area contributed by atoms with Crippen LogP contribution in [0.1, 0.15) is 39.2 Å². The van der Waals surface area contributed by atoms with Crippen molar-refractivity contribution < 1.29 is 9.84 Å². The van der Waals surface area contributed by atoms with E-state index in [0.717, 1.165) is 42.9 Å². The minimum absolute atomic E-state index is 0.110. The Morgan fingerprint density at radius 3 is 2.55 bits per heavy atom. The highest BCUT2D eigenvalue weighted by Gasteiger charge is 2.26. The van der Waals surface area contributed by atoms with E-state index in [0.29, 0.717) is 16.8 Å². The lowest BCUT2D eigenvalue weighted by molar-refractivity contribution is 0.0283. The van der Waals surface area contributed by atoms with E-state index in [1.807, 2.05) is 24.4 Å². The van der Waals surface area contributed by atoms with Crippen molar-refractivity contribution in [2.45, 2.75) is 44.8 Å². The van der Waals surface area contributed by atoms with E-state index in [4.69, 9.17) is 10.5 Å². The Balaban J connectivity index is 0.00000149. The molecule has 1 fully saturated rings. The van der Waals surface area contributed by atoms with Crippen LogP contribution in [0.15, 0.2) is 36.8 Å². The Bertz CT molecular complexity index is 1120. The molecule has 3 aromatic heterocycles. The maximum atomic E-state index is 9.99. The summed E-state index contributed by atoms with van der Waals surface area (Å²) in [4.78, 5) is 6.93. The second-order valence-electron chi connectivity index (χ2n) is 9.20. The van der Waals surface area contributed by atoms with Crippen molar-refractivity contribution in [3.05, 3.63) is 42.4 Å². The van der Waals surface area contributed by atoms with Gasteiger partial charge in [0.05, 0.1) is 29.1 Å². The van der Waals surface area contributed by atoms with Crippen LogP contribution in [-0.4, -0.2) is 50.5 Å². The summed E-state index contributed by atoms with van der Waals surface area (Å²) in [5, 5.41) is 23.8. The molecule has 3 aromatic rings. The van der Waals surface area contributed by atoms with Crippen LogP contribution in [0.3, 0.4) is 0 Å². The van der Waals surface area contributed by atoms with Gasteiger partial charge in [0.2, 0.25) is 0 Å². The van der Waals surface area contributed by atoms with E-state index in [9.17, 15) is 10.4 Å². The van der Waals surface area contributed by atoms with Crippen LogP contribution < -0.4 is 15.4 Å². The summed E-state index contributed by atoms with van der Waals surface area (Å²) in [6.45, 7) is 7.36. The zero-order chi connectivity index (χ0) is 24.2. The molecule has 3 N–H and O–H groups in total. The fourth-order valence-electron chi connectivity index (χ4n) is 3.72. The standard InChI is InChI=1S/C23H28N6O2.Cl2/c1-22(2,30)15-31-18-10-19(21-17(11-24)13-27-29(21)14-18)16-4-5-20(26-12-16)28-8-6-23(3,25)7-9-28;1-2/h4-5,10,12-14,30H,6-9,15,25H2,1-3H3;. The number of aromatic nitrogens is 3. The Morgan fingerprint density at radius 2 is 1.97 bits per heavy atom. The van der Waals surface area contributed by atoms with E-state index >= 15 is 0 Å². The maximum Gasteiger partial charge on any atom is 0.138 e. The third kappa shape index (κ3) is 6.06. The molecule has 1 aliphatic rings. The van der Waals surface area contributed by atoms with Crippen molar-refractivity contribution in [3.8, 4) is 22.9 Å². The van der Waals surface area contributed by atoms with E-state index in [1.54, 1.807) is 24.6 Å². The molecule has 0 unspecified atom stereocenters. The van der Waals surface area contributed by atoms with Gasteiger partial charge >= 0.3 is 0 Å². The average Bonchev–Trinajstić information content (AvgIpc) is 3.21. The van der Waals surface area contributed by atoms with Gasteiger partial charge in [-0.15, -0.1) is 0 Å². The Kier molecular flexibility index (Phi) is 7.70. The largest absolute Gasteiger partial charge is 0.489 e. The summed E-state index contributed by atoms with van der Waals surface area (Å²) in [7, 11) is 8.22. The number of hydrogen-bond acceptors (Lipinski definition) is 7. The zero-order valence-electron chi connectivity index (χ0n) is 18.9. The third-order valence-corrected chi connectivity index (χ3v) is 5.59. The number of ether oxygens (including phenoxy) is 1. The highest BCUT2D eigenvalue weighted by atomic mass is 36.5. The summed E-state index contributed by atoms with van der Waals surface area (Å²) in [5.74, 6) is 1.47. The van der Waals surface area contributed by atoms with Crippen molar-refractivity contribution in [1.29, 1.82) is 5.26 Å². The number of halogens is 2. The summed E-state index contributed by atoms with van der Waals surface area (Å²) in [6, 6.07) is 8.06. The van der Waals surface area contributed by atoms with E-state index in [2.05, 4.69) is 49.7 Å². The molecule has 1 aliphatic heterocycles. The number of hydrogen-bond donors (Lipinski definition) is 2. The molecule has 8 nitrogen and oxygen atoms in total. The summed E-state index contributed by atoms with van der Waals surface area (Å²) < 4.78 is 7.42. The fourth-order valence-corrected chi connectivity index (χ4v) is 3.72. The molecule has 4 rings (SSSR count). The van der Waals surface area contributed by atoms with Crippen molar-refractivity contribution >= 4 is 33.0 Å². The van der Waals surface area contributed by atoms with Crippen molar-refractivity contribution in [2.75, 3.05) is 24.6 Å². The summed E-state index contributed by atoms with van der Waals surface area (Å²) in [6.07, 6.45) is 6.93. The van der Waals surface area contributed by atoms with Crippen molar-refractivity contribution in [1.82, 2.24) is 14.6 Å². The lowest BCUT2D eigenvalue weighted by atomic mass is 9.91. The van der Waals surface area contributed by atoms with Gasteiger partial charge in [-0.05, 0) is 51.8 Å². The van der Waals surface area contributed by atoms with Crippen LogP contribution in [0.25, 0.3) is 16.6 Å². The monoisotopic (exact) mass is 490 g/mol. The first-order valence-electron chi connectivity index (χ1n) is 10.6. The predicted octanol–water partition coefficient (Wildman–Crippen LogP) is 4.11. The van der Waals surface area contributed by atoms with Gasteiger partial charge in [-0.25, -0.2) is 9.50 Å². The zero-order valence-corrected chi connectivity index (χ0v) is 20.4. The Hall–Kier alpha value is -2.57. The number of nitriles is 1. The molecule has 1 saturated heterocycles. The fraction of sp³-hybridized carbons (Fsp3) is 0.435. The van der Waals surface area contributed by atoms with Crippen LogP contribution in [0, 0.1) is 11.3 Å². The van der Waals surface area contributed by atoms with Crippen LogP contribution in [-0.2, 0) is 0 Å². The molecule has 176 valence electrons. The van der Waals surface area contributed by atoms with E-state index in [-0.39, 0.29) is 12.1 Å². The molecular formula is C23H28Cl2N6O2. The van der Waals surface area contributed by atoms with Crippen LogP contribution in [0.5, 0.6) is 5.75 Å². The quantitative estimate of drug-likeness (QED) is 0.552. The topological polar surface area (TPSA) is 113 Å². The van der Waals surface area contributed by atoms with Gasteiger partial charge < -0.3 is 20.5 Å². The maximum absolute atomic E-state index is 9.99. The first kappa shape index (κ1) is 25.1. The molecule has 0 saturated carbocycles. The van der Waals surface area contributed by atoms with Gasteiger partial charge in [-0.2, -0.15) is 10.4 Å². The highest BCUT2D eigenvalue weighted by Crippen LogP contribution is 2.32. The minimum atomic E-state index is -0.964. The second kappa shape index (κ2) is 10.1. The molecule has 0 aromatic carbocycles. The van der Waals surface area contributed by atoms with Crippen LogP contribution in [0.4, 0.5) is 5.82 Å². The van der Waals surface area contributed by atoms with E-state index < -0.39 is 5.60 Å².